The average Bonchev–Trinajstić information content (AvgIpc) is 2.91. The van der Waals surface area contributed by atoms with Crippen molar-refractivity contribution < 1.29 is 15.0 Å². The van der Waals surface area contributed by atoms with E-state index >= 15 is 0 Å². The number of carbonyl (C=O) groups excluding carboxylic acids is 1. The van der Waals surface area contributed by atoms with Crippen LogP contribution in [0.25, 0.3) is 0 Å². The summed E-state index contributed by atoms with van der Waals surface area (Å²) in [6, 6.07) is 0. The number of rotatable bonds is 3. The summed E-state index contributed by atoms with van der Waals surface area (Å²) in [6.07, 6.45) is 7.98. The van der Waals surface area contributed by atoms with Gasteiger partial charge in [0.2, 0.25) is 0 Å². The first-order valence-electron chi connectivity index (χ1n) is 10.7. The van der Waals surface area contributed by atoms with Gasteiger partial charge in [0.1, 0.15) is 5.78 Å². The lowest BCUT2D eigenvalue weighted by atomic mass is 9.49. The van der Waals surface area contributed by atoms with E-state index in [-0.39, 0.29) is 5.41 Å². The molecule has 3 fully saturated rings. The number of allylic oxidation sites excluding steroid dienone is 3. The Morgan fingerprint density at radius 3 is 2.85 bits per heavy atom. The Hall–Kier alpha value is -1.19. The minimum absolute atomic E-state index is 0.311. The molecule has 2 N–H and O–H groups in total. The summed E-state index contributed by atoms with van der Waals surface area (Å²) in [4.78, 5) is 11.9. The van der Waals surface area contributed by atoms with Crippen molar-refractivity contribution in [3.05, 3.63) is 36.0 Å². The summed E-state index contributed by atoms with van der Waals surface area (Å²) in [5.41, 5.74) is 1.85. The third-order valence-electron chi connectivity index (χ3n) is 8.64. The maximum absolute atomic E-state index is 11.9. The van der Waals surface area contributed by atoms with E-state index in [4.69, 9.17) is 0 Å². The van der Waals surface area contributed by atoms with E-state index < -0.39 is 11.7 Å². The van der Waals surface area contributed by atoms with E-state index in [1.54, 1.807) is 0 Å². The van der Waals surface area contributed by atoms with Crippen molar-refractivity contribution in [2.24, 2.45) is 29.1 Å². The van der Waals surface area contributed by atoms with Gasteiger partial charge in [0, 0.05) is 18.3 Å². The van der Waals surface area contributed by atoms with E-state index in [1.807, 2.05) is 6.92 Å². The van der Waals surface area contributed by atoms with E-state index in [0.29, 0.717) is 60.7 Å². The molecule has 0 aromatic carbocycles. The monoisotopic (exact) mass is 370 g/mol. The van der Waals surface area contributed by atoms with Gasteiger partial charge < -0.3 is 10.2 Å². The summed E-state index contributed by atoms with van der Waals surface area (Å²) in [5, 5.41) is 22.1. The maximum Gasteiger partial charge on any atom is 0.136 e. The first kappa shape index (κ1) is 19.1. The van der Waals surface area contributed by atoms with Crippen molar-refractivity contribution >= 4 is 5.78 Å². The highest BCUT2D eigenvalue weighted by atomic mass is 16.3. The van der Waals surface area contributed by atoms with Gasteiger partial charge in [0.25, 0.3) is 0 Å². The number of aliphatic hydroxyl groups is 2. The smallest absolute Gasteiger partial charge is 0.136 e. The van der Waals surface area contributed by atoms with Crippen molar-refractivity contribution in [1.29, 1.82) is 0 Å². The van der Waals surface area contributed by atoms with Crippen LogP contribution in [-0.4, -0.2) is 27.7 Å². The first-order valence-corrected chi connectivity index (χ1v) is 10.7. The van der Waals surface area contributed by atoms with Gasteiger partial charge in [0.05, 0.1) is 11.7 Å². The standard InChI is InChI=1S/C24H34O3/c1-5-21(26)15(3)24(27)11-10-20-19-8-6-16-12-17(25)7-9-18(16)22(19)14(2)13-23(20,24)4/h6,18-22,26-27H,2-3,5,7-13H2,1,4H3/t18-,19-,20-,21+,22+,23-,24+/m0/s1. The molecule has 0 unspecified atom stereocenters. The number of fused-ring (bicyclic) bond motifs is 5. The highest BCUT2D eigenvalue weighted by Gasteiger charge is 2.64. The molecule has 0 aromatic rings. The molecule has 3 heteroatoms. The quantitative estimate of drug-likeness (QED) is 0.726. The van der Waals surface area contributed by atoms with E-state index in [9.17, 15) is 15.0 Å². The molecule has 3 nitrogen and oxygen atoms in total. The second-order valence-electron chi connectivity index (χ2n) is 9.77. The topological polar surface area (TPSA) is 57.5 Å². The van der Waals surface area contributed by atoms with E-state index in [0.717, 1.165) is 25.7 Å². The van der Waals surface area contributed by atoms with Crippen LogP contribution >= 0.6 is 0 Å². The zero-order valence-corrected chi connectivity index (χ0v) is 16.8. The van der Waals surface area contributed by atoms with E-state index in [2.05, 4.69) is 26.2 Å². The summed E-state index contributed by atoms with van der Waals surface area (Å²) < 4.78 is 0. The molecule has 27 heavy (non-hydrogen) atoms. The number of carbonyl (C=O) groups is 1. The van der Waals surface area contributed by atoms with Crippen molar-refractivity contribution in [1.82, 2.24) is 0 Å². The number of ketones is 1. The molecule has 148 valence electrons. The lowest BCUT2D eigenvalue weighted by molar-refractivity contribution is -0.120. The highest BCUT2D eigenvalue weighted by molar-refractivity contribution is 5.82. The molecule has 4 aliphatic carbocycles. The third kappa shape index (κ3) is 2.57. The van der Waals surface area contributed by atoms with Crippen LogP contribution in [0, 0.1) is 29.1 Å². The van der Waals surface area contributed by atoms with Crippen LogP contribution in [0.15, 0.2) is 36.0 Å². The predicted molar refractivity (Wildman–Crippen MR) is 107 cm³/mol. The Labute approximate surface area is 163 Å². The zero-order chi connectivity index (χ0) is 19.6. The maximum atomic E-state index is 11.9. The number of hydrogen-bond acceptors (Lipinski definition) is 3. The molecule has 4 rings (SSSR count). The summed E-state index contributed by atoms with van der Waals surface area (Å²) in [7, 11) is 0. The van der Waals surface area contributed by atoms with Gasteiger partial charge in [-0.2, -0.15) is 0 Å². The summed E-state index contributed by atoms with van der Waals surface area (Å²) in [6.45, 7) is 12.8. The first-order chi connectivity index (χ1) is 12.7. The third-order valence-corrected chi connectivity index (χ3v) is 8.64. The second-order valence-corrected chi connectivity index (χ2v) is 9.77. The van der Waals surface area contributed by atoms with Gasteiger partial charge in [-0.15, -0.1) is 0 Å². The summed E-state index contributed by atoms with van der Waals surface area (Å²) >= 11 is 0. The fraction of sp³-hybridized carbons (Fsp3) is 0.708. The molecule has 4 aliphatic rings. The molecule has 7 atom stereocenters. The number of Topliss-reactive ketones (excluding diaryl/α,β-unsaturated/α-hetero) is 1. The van der Waals surface area contributed by atoms with Crippen molar-refractivity contribution in [2.45, 2.75) is 76.9 Å². The predicted octanol–water partition coefficient (Wildman–Crippen LogP) is 4.35. The van der Waals surface area contributed by atoms with Gasteiger partial charge in [-0.25, -0.2) is 0 Å². The van der Waals surface area contributed by atoms with Gasteiger partial charge >= 0.3 is 0 Å². The molecule has 3 saturated carbocycles. The molecular weight excluding hydrogens is 336 g/mol. The molecule has 0 saturated heterocycles. The van der Waals surface area contributed by atoms with Crippen LogP contribution in [0.3, 0.4) is 0 Å². The summed E-state index contributed by atoms with van der Waals surface area (Å²) in [5.74, 6) is 2.19. The molecule has 0 heterocycles. The molecule has 0 aliphatic heterocycles. The van der Waals surface area contributed by atoms with E-state index in [1.165, 1.54) is 11.1 Å². The van der Waals surface area contributed by atoms with Gasteiger partial charge in [0.15, 0.2) is 0 Å². The molecule has 0 radical (unpaired) electrons. The second kappa shape index (κ2) is 6.42. The molecule has 0 spiro atoms. The lowest BCUT2D eigenvalue weighted by Crippen LogP contribution is -2.55. The normalized spacial score (nSPS) is 44.8. The van der Waals surface area contributed by atoms with Gasteiger partial charge in [-0.05, 0) is 67.8 Å². The van der Waals surface area contributed by atoms with Crippen LogP contribution in [0.2, 0.25) is 0 Å². The van der Waals surface area contributed by atoms with Crippen LogP contribution in [-0.2, 0) is 4.79 Å². The Morgan fingerprint density at radius 1 is 1.41 bits per heavy atom. The van der Waals surface area contributed by atoms with Crippen molar-refractivity contribution in [3.63, 3.8) is 0 Å². The number of aliphatic hydroxyl groups excluding tert-OH is 1. The Bertz CT molecular complexity index is 719. The highest BCUT2D eigenvalue weighted by Crippen LogP contribution is 2.67. The van der Waals surface area contributed by atoms with Crippen LogP contribution in [0.1, 0.15) is 65.2 Å². The van der Waals surface area contributed by atoms with Gasteiger partial charge in [-0.3, -0.25) is 4.79 Å². The minimum Gasteiger partial charge on any atom is -0.389 e. The van der Waals surface area contributed by atoms with Crippen molar-refractivity contribution in [2.75, 3.05) is 0 Å². The molecule has 0 aromatic heterocycles. The minimum atomic E-state index is -1.02. The largest absolute Gasteiger partial charge is 0.389 e. The van der Waals surface area contributed by atoms with Gasteiger partial charge in [-0.1, -0.05) is 44.2 Å². The van der Waals surface area contributed by atoms with Crippen LogP contribution in [0.4, 0.5) is 0 Å². The SMILES string of the molecule is C=C1C[C@@]2(C)[C@@H](CC[C@@]2(O)C(=C)[C@H](O)CC)[C@@H]2CC=C3CC(=O)CC[C@@H]3[C@@H]12. The Balaban J connectivity index is 1.69. The number of hydrogen-bond donors (Lipinski definition) is 2. The molecule has 0 amide bonds. The fourth-order valence-electron chi connectivity index (χ4n) is 7.20. The molecule has 0 bridgehead atoms. The Morgan fingerprint density at radius 2 is 2.15 bits per heavy atom. The van der Waals surface area contributed by atoms with Crippen LogP contribution < -0.4 is 0 Å². The van der Waals surface area contributed by atoms with Crippen LogP contribution in [0.5, 0.6) is 0 Å². The average molecular weight is 371 g/mol. The lowest BCUT2D eigenvalue weighted by Gasteiger charge is -2.56. The Kier molecular flexibility index (Phi) is 4.55. The zero-order valence-electron chi connectivity index (χ0n) is 16.8. The van der Waals surface area contributed by atoms with Crippen molar-refractivity contribution in [3.8, 4) is 0 Å². The molecular formula is C24H34O3. The fourth-order valence-corrected chi connectivity index (χ4v) is 7.20.